The summed E-state index contributed by atoms with van der Waals surface area (Å²) in [5.74, 6) is -1.94. The summed E-state index contributed by atoms with van der Waals surface area (Å²) in [7, 11) is 4.53. The zero-order chi connectivity index (χ0) is 34.1. The maximum Gasteiger partial charge on any atom is 0.246 e. The number of benzene rings is 1. The van der Waals surface area contributed by atoms with Crippen LogP contribution in [0.2, 0.25) is 0 Å². The van der Waals surface area contributed by atoms with Crippen molar-refractivity contribution in [1.82, 2.24) is 30.6 Å². The first-order valence-electron chi connectivity index (χ1n) is 16.7. The van der Waals surface area contributed by atoms with Gasteiger partial charge in [0.05, 0.1) is 12.6 Å². The predicted molar refractivity (Wildman–Crippen MR) is 176 cm³/mol. The summed E-state index contributed by atoms with van der Waals surface area (Å²) in [6.45, 7) is 4.26. The molecule has 13 nitrogen and oxygen atoms in total. The van der Waals surface area contributed by atoms with Crippen molar-refractivity contribution >= 4 is 40.4 Å². The van der Waals surface area contributed by atoms with Crippen molar-refractivity contribution in [2.75, 3.05) is 27.8 Å². The lowest BCUT2D eigenvalue weighted by Crippen LogP contribution is -2.64. The Morgan fingerprint density at radius 1 is 0.979 bits per heavy atom. The molecule has 5 amide bonds. The lowest BCUT2D eigenvalue weighted by atomic mass is 9.93. The number of nitrogens with one attached hydrogen (secondary N) is 3. The molecule has 0 spiro atoms. The van der Waals surface area contributed by atoms with E-state index >= 15 is 0 Å². The molecule has 0 bridgehead atoms. The smallest absolute Gasteiger partial charge is 0.246 e. The number of rotatable bonds is 12. The van der Waals surface area contributed by atoms with Gasteiger partial charge in [-0.05, 0) is 49.7 Å². The van der Waals surface area contributed by atoms with Crippen LogP contribution in [0.15, 0.2) is 30.5 Å². The van der Waals surface area contributed by atoms with Gasteiger partial charge < -0.3 is 25.7 Å². The first kappa shape index (κ1) is 35.7. The highest BCUT2D eigenvalue weighted by atomic mass is 16.7. The zero-order valence-corrected chi connectivity index (χ0v) is 28.3. The maximum absolute atomic E-state index is 14.1. The highest BCUT2D eigenvalue weighted by molar-refractivity contribution is 5.98. The number of fused-ring (bicyclic) bond motifs is 2. The van der Waals surface area contributed by atoms with Gasteiger partial charge in [-0.3, -0.25) is 28.8 Å². The molecule has 2 aromatic rings. The molecule has 0 aliphatic carbocycles. The number of para-hydroxylation sites is 1. The summed E-state index contributed by atoms with van der Waals surface area (Å²) in [5.41, 5.74) is 1.60. The van der Waals surface area contributed by atoms with Gasteiger partial charge in [-0.2, -0.15) is 4.73 Å². The lowest BCUT2D eigenvalue weighted by molar-refractivity contribution is -0.168. The second-order valence-electron chi connectivity index (χ2n) is 12.6. The Morgan fingerprint density at radius 2 is 1.70 bits per heavy atom. The van der Waals surface area contributed by atoms with E-state index in [9.17, 15) is 24.0 Å². The van der Waals surface area contributed by atoms with Crippen LogP contribution in [0.1, 0.15) is 77.2 Å². The zero-order valence-electron chi connectivity index (χ0n) is 28.3. The molecule has 0 radical (unpaired) electrons. The molecule has 1 aromatic carbocycles. The molecule has 1 aromatic heterocycles. The highest BCUT2D eigenvalue weighted by Crippen LogP contribution is 2.24. The third kappa shape index (κ3) is 8.62. The number of hydrogen-bond donors (Lipinski definition) is 3. The standard InChI is InChI=1S/C34H50N6O7/c1-6-22(2)30-34(45)39-19-13-12-17-28(39)33(44)35-25(15-8-7-9-18-29(41)38(3)46-4)31(42)36-26(32(43)37-30)20-23-21-40(47-5)27-16-11-10-14-24(23)27/h10-11,14,16,21-22,25-26,28,30H,6-9,12-13,15,17-20H2,1-5H3,(H,35,44)(H,36,42)(H,37,43)/t22-,25-,26-,28+,30-/m0/s1. The first-order chi connectivity index (χ1) is 22.6. The number of nitrogens with zero attached hydrogens (tertiary/aromatic N) is 3. The normalized spacial score (nSPS) is 23.1. The average Bonchev–Trinajstić information content (AvgIpc) is 3.45. The molecule has 2 saturated heterocycles. The minimum Gasteiger partial charge on any atom is -0.417 e. The lowest BCUT2D eigenvalue weighted by Gasteiger charge is -2.39. The van der Waals surface area contributed by atoms with E-state index in [1.54, 1.807) is 30.0 Å². The molecule has 3 heterocycles. The van der Waals surface area contributed by atoms with E-state index < -0.39 is 36.0 Å². The number of hydroxylamine groups is 2. The summed E-state index contributed by atoms with van der Waals surface area (Å²) in [5, 5.41) is 10.9. The number of piperidine rings is 1. The SMILES string of the molecule is CC[C@H](C)[C@@H]1NC(=O)[C@H](Cc2cn(OC)c3ccccc23)NC(=O)[C@H](CCCCCC(=O)N(C)OC)NC(=O)[C@H]2CCCCN2C1=O. The van der Waals surface area contributed by atoms with Crippen LogP contribution in [0.4, 0.5) is 0 Å². The number of amides is 5. The van der Waals surface area contributed by atoms with Gasteiger partial charge in [-0.25, -0.2) is 5.06 Å². The minimum absolute atomic E-state index is 0.137. The van der Waals surface area contributed by atoms with Gasteiger partial charge in [-0.15, -0.1) is 0 Å². The van der Waals surface area contributed by atoms with E-state index in [2.05, 4.69) is 16.0 Å². The maximum atomic E-state index is 14.1. The third-order valence-electron chi connectivity index (χ3n) is 9.52. The van der Waals surface area contributed by atoms with Crippen LogP contribution in [-0.2, 0) is 35.2 Å². The van der Waals surface area contributed by atoms with E-state index in [0.717, 1.165) is 29.3 Å². The van der Waals surface area contributed by atoms with Crippen LogP contribution in [-0.4, -0.2) is 96.2 Å². The molecule has 0 unspecified atom stereocenters. The Bertz CT molecular complexity index is 1430. The van der Waals surface area contributed by atoms with Crippen molar-refractivity contribution in [2.24, 2.45) is 5.92 Å². The van der Waals surface area contributed by atoms with E-state index in [1.165, 1.54) is 12.2 Å². The topological polar surface area (TPSA) is 151 Å². The molecule has 47 heavy (non-hydrogen) atoms. The fourth-order valence-electron chi connectivity index (χ4n) is 6.41. The Hall–Kier alpha value is -4.13. The van der Waals surface area contributed by atoms with Gasteiger partial charge in [-0.1, -0.05) is 51.3 Å². The van der Waals surface area contributed by atoms with E-state index in [4.69, 9.17) is 9.68 Å². The van der Waals surface area contributed by atoms with Crippen molar-refractivity contribution in [3.63, 3.8) is 0 Å². The van der Waals surface area contributed by atoms with Crippen LogP contribution in [0.25, 0.3) is 10.9 Å². The van der Waals surface area contributed by atoms with Crippen LogP contribution in [0.5, 0.6) is 0 Å². The molecule has 13 heteroatoms. The Morgan fingerprint density at radius 3 is 2.43 bits per heavy atom. The summed E-state index contributed by atoms with van der Waals surface area (Å²) < 4.78 is 1.61. The van der Waals surface area contributed by atoms with Crippen LogP contribution >= 0.6 is 0 Å². The third-order valence-corrected chi connectivity index (χ3v) is 9.52. The van der Waals surface area contributed by atoms with E-state index in [0.29, 0.717) is 51.5 Å². The molecule has 2 fully saturated rings. The van der Waals surface area contributed by atoms with Crippen molar-refractivity contribution in [1.29, 1.82) is 0 Å². The fraction of sp³-hybridized carbons (Fsp3) is 0.618. The molecule has 2 aliphatic heterocycles. The largest absolute Gasteiger partial charge is 0.417 e. The quantitative estimate of drug-likeness (QED) is 0.234. The molecule has 4 rings (SSSR count). The highest BCUT2D eigenvalue weighted by Gasteiger charge is 2.41. The van der Waals surface area contributed by atoms with E-state index in [-0.39, 0.29) is 30.1 Å². The molecule has 258 valence electrons. The van der Waals surface area contributed by atoms with Crippen molar-refractivity contribution in [2.45, 2.75) is 102 Å². The number of aromatic nitrogens is 1. The van der Waals surface area contributed by atoms with Crippen LogP contribution < -0.4 is 20.8 Å². The molecule has 5 atom stereocenters. The van der Waals surface area contributed by atoms with Crippen molar-refractivity contribution < 1.29 is 33.6 Å². The van der Waals surface area contributed by atoms with Gasteiger partial charge >= 0.3 is 0 Å². The molecular weight excluding hydrogens is 604 g/mol. The van der Waals surface area contributed by atoms with Gasteiger partial charge in [0.1, 0.15) is 31.3 Å². The fourth-order valence-corrected chi connectivity index (χ4v) is 6.41. The summed E-state index contributed by atoms with van der Waals surface area (Å²) in [4.78, 5) is 80.0. The number of carbonyl (C=O) groups is 5. The van der Waals surface area contributed by atoms with Crippen molar-refractivity contribution in [3.8, 4) is 0 Å². The Labute approximate surface area is 276 Å². The molecule has 2 aliphatic rings. The van der Waals surface area contributed by atoms with Gasteiger partial charge in [0, 0.05) is 38.0 Å². The van der Waals surface area contributed by atoms with Crippen LogP contribution in [0.3, 0.4) is 0 Å². The number of carbonyl (C=O) groups excluding carboxylic acids is 5. The number of hydrogen-bond acceptors (Lipinski definition) is 7. The average molecular weight is 655 g/mol. The monoisotopic (exact) mass is 654 g/mol. The second-order valence-corrected chi connectivity index (χ2v) is 12.6. The van der Waals surface area contributed by atoms with Gasteiger partial charge in [0.25, 0.3) is 0 Å². The Kier molecular flexibility index (Phi) is 12.6. The van der Waals surface area contributed by atoms with Crippen LogP contribution in [0, 0.1) is 5.92 Å². The minimum atomic E-state index is -1.03. The molecular formula is C34H50N6O7. The second kappa shape index (κ2) is 16.6. The molecule has 3 N–H and O–H groups in total. The molecule has 0 saturated carbocycles. The summed E-state index contributed by atoms with van der Waals surface area (Å²) in [6.07, 6.45) is 6.97. The van der Waals surface area contributed by atoms with Gasteiger partial charge in [0.2, 0.25) is 29.5 Å². The van der Waals surface area contributed by atoms with Gasteiger partial charge in [0.15, 0.2) is 0 Å². The first-order valence-corrected chi connectivity index (χ1v) is 16.7. The number of unbranched alkanes of at least 4 members (excludes halogenated alkanes) is 2. The van der Waals surface area contributed by atoms with Crippen molar-refractivity contribution in [3.05, 3.63) is 36.0 Å². The predicted octanol–water partition coefficient (Wildman–Crippen LogP) is 2.11. The van der Waals surface area contributed by atoms with E-state index in [1.807, 2.05) is 38.1 Å². The summed E-state index contributed by atoms with van der Waals surface area (Å²) >= 11 is 0. The Balaban J connectivity index is 1.63. The summed E-state index contributed by atoms with van der Waals surface area (Å²) in [6, 6.07) is 4.07.